The van der Waals surface area contributed by atoms with Gasteiger partial charge in [0.15, 0.2) is 0 Å². The average Bonchev–Trinajstić information content (AvgIpc) is 3.12. The van der Waals surface area contributed by atoms with E-state index in [2.05, 4.69) is 10.00 Å². The summed E-state index contributed by atoms with van der Waals surface area (Å²) >= 11 is 0. The highest BCUT2D eigenvalue weighted by Crippen LogP contribution is 2.15. The molecule has 1 unspecified atom stereocenters. The molecule has 1 aromatic carbocycles. The fraction of sp³-hybridized carbons (Fsp3) is 0.389. The summed E-state index contributed by atoms with van der Waals surface area (Å²) in [6.07, 6.45) is 2.61. The van der Waals surface area contributed by atoms with Crippen molar-refractivity contribution in [2.24, 2.45) is 0 Å². The van der Waals surface area contributed by atoms with Gasteiger partial charge in [-0.2, -0.15) is 5.10 Å². The molecule has 0 aliphatic carbocycles. The third kappa shape index (κ3) is 4.08. The molecule has 138 valence electrons. The largest absolute Gasteiger partial charge is 0.478 e. The Morgan fingerprint density at radius 1 is 1.27 bits per heavy atom. The number of halogens is 1. The standard InChI is InChI=1S/C18H21FN4O3/c1-13(23-12-15(10-20-23)18(25)26)17(24)22-7-5-21(6-8-22)11-14-3-2-4-16(19)9-14/h2-4,9-10,12-13H,5-8,11H2,1H3,(H,25,26). The molecule has 26 heavy (non-hydrogen) atoms. The van der Waals surface area contributed by atoms with Crippen molar-refractivity contribution in [1.82, 2.24) is 19.6 Å². The van der Waals surface area contributed by atoms with Crippen molar-refractivity contribution < 1.29 is 19.1 Å². The summed E-state index contributed by atoms with van der Waals surface area (Å²) in [4.78, 5) is 27.5. The molecular formula is C18H21FN4O3. The van der Waals surface area contributed by atoms with E-state index in [4.69, 9.17) is 5.11 Å². The van der Waals surface area contributed by atoms with Gasteiger partial charge in [-0.1, -0.05) is 12.1 Å². The lowest BCUT2D eigenvalue weighted by atomic mass is 10.2. The van der Waals surface area contributed by atoms with Crippen molar-refractivity contribution in [2.45, 2.75) is 19.5 Å². The van der Waals surface area contributed by atoms with Crippen LogP contribution in [0.2, 0.25) is 0 Å². The molecule has 0 saturated carbocycles. The number of aromatic nitrogens is 2. The summed E-state index contributed by atoms with van der Waals surface area (Å²) in [5.41, 5.74) is 0.973. The van der Waals surface area contributed by atoms with Crippen molar-refractivity contribution in [3.05, 3.63) is 53.6 Å². The number of carboxylic acids is 1. The van der Waals surface area contributed by atoms with Crippen LogP contribution < -0.4 is 0 Å². The second-order valence-corrected chi connectivity index (χ2v) is 6.42. The first-order valence-electron chi connectivity index (χ1n) is 8.47. The number of nitrogens with zero attached hydrogens (tertiary/aromatic N) is 4. The van der Waals surface area contributed by atoms with Crippen molar-refractivity contribution in [2.75, 3.05) is 26.2 Å². The SMILES string of the molecule is CC(C(=O)N1CCN(Cc2cccc(F)c2)CC1)n1cc(C(=O)O)cn1. The lowest BCUT2D eigenvalue weighted by molar-refractivity contribution is -0.136. The number of carboxylic acid groups (broad SMARTS) is 1. The molecule has 1 aliphatic rings. The lowest BCUT2D eigenvalue weighted by Gasteiger charge is -2.36. The summed E-state index contributed by atoms with van der Waals surface area (Å²) in [5.74, 6) is -1.40. The zero-order chi connectivity index (χ0) is 18.7. The predicted molar refractivity (Wildman–Crippen MR) is 92.2 cm³/mol. The Kier molecular flexibility index (Phi) is 5.32. The second kappa shape index (κ2) is 7.65. The van der Waals surface area contributed by atoms with Gasteiger partial charge in [-0.15, -0.1) is 0 Å². The number of piperazine rings is 1. The maximum absolute atomic E-state index is 13.3. The summed E-state index contributed by atoms with van der Waals surface area (Å²) in [6.45, 7) is 4.91. The Bertz CT molecular complexity index is 799. The third-order valence-electron chi connectivity index (χ3n) is 4.58. The third-order valence-corrected chi connectivity index (χ3v) is 4.58. The molecule has 1 aliphatic heterocycles. The van der Waals surface area contributed by atoms with Gasteiger partial charge in [-0.05, 0) is 24.6 Å². The van der Waals surface area contributed by atoms with E-state index in [0.29, 0.717) is 32.7 Å². The van der Waals surface area contributed by atoms with Gasteiger partial charge in [0.25, 0.3) is 0 Å². The highest BCUT2D eigenvalue weighted by molar-refractivity contribution is 5.87. The van der Waals surface area contributed by atoms with Gasteiger partial charge in [0.2, 0.25) is 5.91 Å². The topological polar surface area (TPSA) is 78.7 Å². The van der Waals surface area contributed by atoms with E-state index in [-0.39, 0.29) is 17.3 Å². The van der Waals surface area contributed by atoms with Crippen molar-refractivity contribution in [3.8, 4) is 0 Å². The van der Waals surface area contributed by atoms with E-state index in [1.807, 2.05) is 6.07 Å². The molecular weight excluding hydrogens is 339 g/mol. The van der Waals surface area contributed by atoms with Crippen LogP contribution in [0.3, 0.4) is 0 Å². The van der Waals surface area contributed by atoms with E-state index < -0.39 is 12.0 Å². The molecule has 1 amide bonds. The molecule has 1 fully saturated rings. The zero-order valence-corrected chi connectivity index (χ0v) is 14.5. The molecule has 7 nitrogen and oxygen atoms in total. The number of carbonyl (C=O) groups excluding carboxylic acids is 1. The normalized spacial score (nSPS) is 16.5. The predicted octanol–water partition coefficient (Wildman–Crippen LogP) is 1.63. The minimum atomic E-state index is -1.07. The second-order valence-electron chi connectivity index (χ2n) is 6.42. The van der Waals surface area contributed by atoms with Gasteiger partial charge in [-0.3, -0.25) is 14.4 Å². The number of aromatic carboxylic acids is 1. The first-order valence-corrected chi connectivity index (χ1v) is 8.47. The summed E-state index contributed by atoms with van der Waals surface area (Å²) in [7, 11) is 0. The zero-order valence-electron chi connectivity index (χ0n) is 14.5. The number of benzene rings is 1. The van der Waals surface area contributed by atoms with Crippen molar-refractivity contribution in [3.63, 3.8) is 0 Å². The molecule has 1 atom stereocenters. The van der Waals surface area contributed by atoms with Crippen LogP contribution >= 0.6 is 0 Å². The summed E-state index contributed by atoms with van der Waals surface area (Å²) in [5, 5.41) is 12.9. The molecule has 0 bridgehead atoms. The minimum Gasteiger partial charge on any atom is -0.478 e. The van der Waals surface area contributed by atoms with E-state index in [1.54, 1.807) is 17.9 Å². The van der Waals surface area contributed by atoms with Gasteiger partial charge >= 0.3 is 5.97 Å². The van der Waals surface area contributed by atoms with Crippen LogP contribution in [0, 0.1) is 5.82 Å². The van der Waals surface area contributed by atoms with Gasteiger partial charge < -0.3 is 10.0 Å². The monoisotopic (exact) mass is 360 g/mol. The van der Waals surface area contributed by atoms with Crippen LogP contribution in [0.1, 0.15) is 28.9 Å². The molecule has 2 heterocycles. The van der Waals surface area contributed by atoms with E-state index in [0.717, 1.165) is 5.56 Å². The van der Waals surface area contributed by atoms with Gasteiger partial charge in [0.05, 0.1) is 11.8 Å². The maximum Gasteiger partial charge on any atom is 0.338 e. The lowest BCUT2D eigenvalue weighted by Crippen LogP contribution is -2.49. The van der Waals surface area contributed by atoms with Crippen molar-refractivity contribution >= 4 is 11.9 Å². The highest BCUT2D eigenvalue weighted by atomic mass is 19.1. The Morgan fingerprint density at radius 3 is 2.62 bits per heavy atom. The minimum absolute atomic E-state index is 0.0598. The molecule has 1 saturated heterocycles. The van der Waals surface area contributed by atoms with E-state index in [1.165, 1.54) is 29.2 Å². The number of amides is 1. The molecule has 8 heteroatoms. The van der Waals surface area contributed by atoms with Crippen LogP contribution in [-0.2, 0) is 11.3 Å². The summed E-state index contributed by atoms with van der Waals surface area (Å²) in [6, 6.07) is 5.98. The Hall–Kier alpha value is -2.74. The molecule has 3 rings (SSSR count). The number of hydrogen-bond donors (Lipinski definition) is 1. The molecule has 1 aromatic heterocycles. The summed E-state index contributed by atoms with van der Waals surface area (Å²) < 4.78 is 14.7. The Balaban J connectivity index is 1.55. The van der Waals surface area contributed by atoms with Gasteiger partial charge in [-0.25, -0.2) is 9.18 Å². The van der Waals surface area contributed by atoms with Gasteiger partial charge in [0, 0.05) is 38.9 Å². The molecule has 0 spiro atoms. The maximum atomic E-state index is 13.3. The fourth-order valence-corrected chi connectivity index (χ4v) is 3.06. The van der Waals surface area contributed by atoms with Crippen LogP contribution in [0.25, 0.3) is 0 Å². The van der Waals surface area contributed by atoms with Crippen LogP contribution in [0.4, 0.5) is 4.39 Å². The molecule has 1 N–H and O–H groups in total. The van der Waals surface area contributed by atoms with Crippen LogP contribution in [0.15, 0.2) is 36.7 Å². The molecule has 2 aromatic rings. The Labute approximate surface area is 150 Å². The van der Waals surface area contributed by atoms with Crippen molar-refractivity contribution in [1.29, 1.82) is 0 Å². The first kappa shape index (κ1) is 18.1. The quantitative estimate of drug-likeness (QED) is 0.877. The average molecular weight is 360 g/mol. The molecule has 0 radical (unpaired) electrons. The van der Waals surface area contributed by atoms with Crippen LogP contribution in [-0.4, -0.2) is 62.7 Å². The van der Waals surface area contributed by atoms with Gasteiger partial charge in [0.1, 0.15) is 11.9 Å². The van der Waals surface area contributed by atoms with E-state index in [9.17, 15) is 14.0 Å². The first-order chi connectivity index (χ1) is 12.4. The highest BCUT2D eigenvalue weighted by Gasteiger charge is 2.26. The number of rotatable bonds is 5. The smallest absolute Gasteiger partial charge is 0.338 e. The number of hydrogen-bond acceptors (Lipinski definition) is 4. The number of carbonyl (C=O) groups is 2. The van der Waals surface area contributed by atoms with E-state index >= 15 is 0 Å². The fourth-order valence-electron chi connectivity index (χ4n) is 3.06. The van der Waals surface area contributed by atoms with Crippen LogP contribution in [0.5, 0.6) is 0 Å². The Morgan fingerprint density at radius 2 is 2.00 bits per heavy atom.